The highest BCUT2D eigenvalue weighted by Gasteiger charge is 2.27. The number of anilines is 6. The Labute approximate surface area is 334 Å². The SMILES string of the molecule is CC(C)(C)c1ccc2c(N(c3ccccc3)c3ccc(C4CCCCC4)cc3)c3ccccc3c(N(c3ccccc3)c3ccc(C4CCCCC4)cc3)c2c1. The molecule has 0 aliphatic heterocycles. The Balaban J connectivity index is 1.31. The van der Waals surface area contributed by atoms with Gasteiger partial charge in [0.2, 0.25) is 0 Å². The molecule has 2 fully saturated rings. The lowest BCUT2D eigenvalue weighted by Gasteiger charge is -2.34. The number of para-hydroxylation sites is 2. The van der Waals surface area contributed by atoms with Gasteiger partial charge in [0.25, 0.3) is 0 Å². The summed E-state index contributed by atoms with van der Waals surface area (Å²) in [6, 6.07) is 57.5. The molecule has 0 bridgehead atoms. The second kappa shape index (κ2) is 15.7. The van der Waals surface area contributed by atoms with E-state index < -0.39 is 0 Å². The minimum absolute atomic E-state index is 0.0233. The molecule has 2 aliphatic carbocycles. The highest BCUT2D eigenvalue weighted by molar-refractivity contribution is 6.23. The van der Waals surface area contributed by atoms with E-state index in [1.165, 1.54) is 125 Å². The number of nitrogens with zero attached hydrogens (tertiary/aromatic N) is 2. The molecular formula is C54H56N2. The molecule has 0 aromatic heterocycles. The molecular weight excluding hydrogens is 677 g/mol. The molecule has 2 saturated carbocycles. The van der Waals surface area contributed by atoms with Gasteiger partial charge in [-0.2, -0.15) is 0 Å². The molecule has 0 saturated heterocycles. The van der Waals surface area contributed by atoms with E-state index in [2.05, 4.69) is 182 Å². The zero-order valence-corrected chi connectivity index (χ0v) is 33.6. The predicted octanol–water partition coefficient (Wildman–Crippen LogP) is 16.3. The van der Waals surface area contributed by atoms with Gasteiger partial charge in [0.1, 0.15) is 0 Å². The lowest BCUT2D eigenvalue weighted by molar-refractivity contribution is 0.443. The molecule has 56 heavy (non-hydrogen) atoms. The van der Waals surface area contributed by atoms with Crippen LogP contribution in [0.5, 0.6) is 0 Å². The van der Waals surface area contributed by atoms with Crippen LogP contribution in [-0.2, 0) is 5.41 Å². The fraction of sp³-hybridized carbons (Fsp3) is 0.296. The van der Waals surface area contributed by atoms with Crippen LogP contribution in [-0.4, -0.2) is 0 Å². The molecule has 0 amide bonds. The van der Waals surface area contributed by atoms with Gasteiger partial charge in [-0.25, -0.2) is 0 Å². The molecule has 7 aromatic carbocycles. The summed E-state index contributed by atoms with van der Waals surface area (Å²) in [6.07, 6.45) is 13.3. The Kier molecular flexibility index (Phi) is 10.2. The lowest BCUT2D eigenvalue weighted by Crippen LogP contribution is -2.16. The van der Waals surface area contributed by atoms with Crippen molar-refractivity contribution in [2.45, 2.75) is 102 Å². The first-order chi connectivity index (χ1) is 27.4. The average molecular weight is 733 g/mol. The molecule has 0 atom stereocenters. The summed E-state index contributed by atoms with van der Waals surface area (Å²) in [5.41, 5.74) is 11.4. The molecule has 2 aliphatic rings. The second-order valence-electron chi connectivity index (χ2n) is 17.4. The first kappa shape index (κ1) is 36.3. The molecule has 0 radical (unpaired) electrons. The Morgan fingerprint density at radius 2 is 0.750 bits per heavy atom. The smallest absolute Gasteiger partial charge is 0.0620 e. The normalized spacial score (nSPS) is 15.6. The van der Waals surface area contributed by atoms with Gasteiger partial charge >= 0.3 is 0 Å². The third-order valence-corrected chi connectivity index (χ3v) is 12.8. The van der Waals surface area contributed by atoms with Crippen molar-refractivity contribution in [3.8, 4) is 0 Å². The third kappa shape index (κ3) is 7.11. The van der Waals surface area contributed by atoms with Crippen LogP contribution in [0.4, 0.5) is 34.1 Å². The van der Waals surface area contributed by atoms with E-state index in [0.717, 1.165) is 11.4 Å². The predicted molar refractivity (Wildman–Crippen MR) is 241 cm³/mol. The zero-order valence-electron chi connectivity index (χ0n) is 33.6. The van der Waals surface area contributed by atoms with E-state index in [9.17, 15) is 0 Å². The fourth-order valence-corrected chi connectivity index (χ4v) is 9.71. The quantitative estimate of drug-likeness (QED) is 0.113. The molecule has 2 heteroatoms. The van der Waals surface area contributed by atoms with Crippen LogP contribution in [0.15, 0.2) is 152 Å². The van der Waals surface area contributed by atoms with E-state index in [1.807, 2.05) is 0 Å². The summed E-state index contributed by atoms with van der Waals surface area (Å²) in [5.74, 6) is 1.33. The Morgan fingerprint density at radius 3 is 1.18 bits per heavy atom. The monoisotopic (exact) mass is 732 g/mol. The van der Waals surface area contributed by atoms with Crippen molar-refractivity contribution in [1.29, 1.82) is 0 Å². The van der Waals surface area contributed by atoms with Crippen LogP contribution in [0, 0.1) is 0 Å². The van der Waals surface area contributed by atoms with Crippen LogP contribution < -0.4 is 9.80 Å². The number of hydrogen-bond acceptors (Lipinski definition) is 2. The van der Waals surface area contributed by atoms with Gasteiger partial charge in [-0.1, -0.05) is 156 Å². The van der Waals surface area contributed by atoms with E-state index in [0.29, 0.717) is 11.8 Å². The molecule has 9 rings (SSSR count). The molecule has 0 spiro atoms. The molecule has 2 nitrogen and oxygen atoms in total. The van der Waals surface area contributed by atoms with Crippen LogP contribution in [0.1, 0.15) is 114 Å². The van der Waals surface area contributed by atoms with Crippen LogP contribution >= 0.6 is 0 Å². The maximum Gasteiger partial charge on any atom is 0.0620 e. The number of rotatable bonds is 8. The van der Waals surface area contributed by atoms with Crippen LogP contribution in [0.25, 0.3) is 21.5 Å². The largest absolute Gasteiger partial charge is 0.309 e. The Bertz CT molecular complexity index is 2390. The number of benzene rings is 7. The van der Waals surface area contributed by atoms with Crippen molar-refractivity contribution in [3.05, 3.63) is 168 Å². The standard InChI is InChI=1S/C54H56N2/c1-54(2,3)43-32-37-50-51(38-43)53(56(45-24-14-7-15-25-45)47-35-30-42(31-36-47)40-20-10-5-11-21-40)49-27-17-16-26-48(49)52(50)55(44-22-12-6-13-23-44)46-33-28-41(29-34-46)39-18-8-4-9-19-39/h6-7,12-17,22-40H,4-5,8-11,18-21H2,1-3H3. The summed E-state index contributed by atoms with van der Waals surface area (Å²) in [6.45, 7) is 7.00. The van der Waals surface area contributed by atoms with Crippen molar-refractivity contribution in [2.24, 2.45) is 0 Å². The van der Waals surface area contributed by atoms with Gasteiger partial charge in [-0.15, -0.1) is 0 Å². The number of fused-ring (bicyclic) bond motifs is 2. The Hall–Kier alpha value is -5.34. The van der Waals surface area contributed by atoms with Crippen LogP contribution in [0.2, 0.25) is 0 Å². The molecule has 7 aromatic rings. The highest BCUT2D eigenvalue weighted by atomic mass is 15.2. The second-order valence-corrected chi connectivity index (χ2v) is 17.4. The Morgan fingerprint density at radius 1 is 0.375 bits per heavy atom. The molecule has 0 N–H and O–H groups in total. The van der Waals surface area contributed by atoms with Crippen molar-refractivity contribution in [3.63, 3.8) is 0 Å². The van der Waals surface area contributed by atoms with E-state index in [-0.39, 0.29) is 5.41 Å². The average Bonchev–Trinajstić information content (AvgIpc) is 3.26. The van der Waals surface area contributed by atoms with E-state index in [1.54, 1.807) is 0 Å². The molecule has 0 heterocycles. The summed E-state index contributed by atoms with van der Waals surface area (Å²) in [7, 11) is 0. The minimum Gasteiger partial charge on any atom is -0.309 e. The highest BCUT2D eigenvalue weighted by Crippen LogP contribution is 2.52. The fourth-order valence-electron chi connectivity index (χ4n) is 9.71. The van der Waals surface area contributed by atoms with Gasteiger partial charge in [-0.3, -0.25) is 0 Å². The van der Waals surface area contributed by atoms with Gasteiger partial charge in [-0.05, 0) is 114 Å². The summed E-state index contributed by atoms with van der Waals surface area (Å²) < 4.78 is 0. The summed E-state index contributed by atoms with van der Waals surface area (Å²) in [5, 5.41) is 4.97. The topological polar surface area (TPSA) is 6.48 Å². The lowest BCUT2D eigenvalue weighted by atomic mass is 9.83. The van der Waals surface area contributed by atoms with Gasteiger partial charge in [0.15, 0.2) is 0 Å². The summed E-state index contributed by atoms with van der Waals surface area (Å²) >= 11 is 0. The first-order valence-corrected chi connectivity index (χ1v) is 21.3. The van der Waals surface area contributed by atoms with Crippen molar-refractivity contribution in [1.82, 2.24) is 0 Å². The number of hydrogen-bond donors (Lipinski definition) is 0. The van der Waals surface area contributed by atoms with Gasteiger partial charge in [0.05, 0.1) is 11.4 Å². The third-order valence-electron chi connectivity index (χ3n) is 12.8. The molecule has 0 unspecified atom stereocenters. The van der Waals surface area contributed by atoms with Crippen molar-refractivity contribution < 1.29 is 0 Å². The minimum atomic E-state index is -0.0233. The van der Waals surface area contributed by atoms with E-state index in [4.69, 9.17) is 0 Å². The zero-order chi connectivity index (χ0) is 38.1. The van der Waals surface area contributed by atoms with Crippen molar-refractivity contribution >= 4 is 55.7 Å². The maximum atomic E-state index is 2.53. The van der Waals surface area contributed by atoms with Crippen LogP contribution in [0.3, 0.4) is 0 Å². The maximum absolute atomic E-state index is 2.53. The summed E-state index contributed by atoms with van der Waals surface area (Å²) in [4.78, 5) is 5.04. The van der Waals surface area contributed by atoms with E-state index >= 15 is 0 Å². The van der Waals surface area contributed by atoms with Gasteiger partial charge in [0, 0.05) is 44.3 Å². The molecule has 282 valence electrons. The van der Waals surface area contributed by atoms with Gasteiger partial charge < -0.3 is 9.80 Å². The van der Waals surface area contributed by atoms with Crippen molar-refractivity contribution in [2.75, 3.05) is 9.80 Å². The first-order valence-electron chi connectivity index (χ1n) is 21.3.